The summed E-state index contributed by atoms with van der Waals surface area (Å²) in [6.07, 6.45) is 3.66. The van der Waals surface area contributed by atoms with Crippen molar-refractivity contribution in [1.82, 2.24) is 29.9 Å². The minimum absolute atomic E-state index is 0.664. The van der Waals surface area contributed by atoms with Crippen molar-refractivity contribution in [1.29, 1.82) is 0 Å². The van der Waals surface area contributed by atoms with E-state index in [0.29, 0.717) is 5.82 Å². The van der Waals surface area contributed by atoms with Gasteiger partial charge in [-0.25, -0.2) is 19.9 Å². The Morgan fingerprint density at radius 1 is 0.293 bits per heavy atom. The van der Waals surface area contributed by atoms with Gasteiger partial charge < -0.3 is 0 Å². The lowest BCUT2D eigenvalue weighted by Gasteiger charge is -2.11. The van der Waals surface area contributed by atoms with Crippen LogP contribution in [-0.2, 0) is 0 Å². The predicted molar refractivity (Wildman–Crippen MR) is 236 cm³/mol. The van der Waals surface area contributed by atoms with E-state index in [1.165, 1.54) is 0 Å². The summed E-state index contributed by atoms with van der Waals surface area (Å²) < 4.78 is 0. The van der Waals surface area contributed by atoms with Crippen molar-refractivity contribution in [3.8, 4) is 67.5 Å². The fraction of sp³-hybridized carbons (Fsp3) is 0. The minimum atomic E-state index is 0.664. The van der Waals surface area contributed by atoms with Crippen LogP contribution in [-0.4, -0.2) is 29.9 Å². The van der Waals surface area contributed by atoms with Crippen molar-refractivity contribution in [3.63, 3.8) is 0 Å². The van der Waals surface area contributed by atoms with Gasteiger partial charge in [-0.15, -0.1) is 0 Å². The predicted octanol–water partition coefficient (Wildman–Crippen LogP) is 12.7. The number of hydrogen-bond donors (Lipinski definition) is 0. The van der Waals surface area contributed by atoms with Gasteiger partial charge in [0.25, 0.3) is 0 Å². The molecule has 0 unspecified atom stereocenters. The summed E-state index contributed by atoms with van der Waals surface area (Å²) in [6, 6.07) is 62.7. The van der Waals surface area contributed by atoms with E-state index in [0.717, 1.165) is 105 Å². The Balaban J connectivity index is 0.930. The molecule has 0 bridgehead atoms. The third-order valence-electron chi connectivity index (χ3n) is 10.8. The van der Waals surface area contributed by atoms with Crippen LogP contribution in [0.15, 0.2) is 194 Å². The van der Waals surface area contributed by atoms with Crippen LogP contribution in [0.3, 0.4) is 0 Å². The fourth-order valence-corrected chi connectivity index (χ4v) is 7.79. The van der Waals surface area contributed by atoms with E-state index in [-0.39, 0.29) is 0 Å². The Morgan fingerprint density at radius 2 is 0.879 bits per heavy atom. The maximum atomic E-state index is 5.18. The molecular weight excluding hydrogens is 709 g/mol. The Labute approximate surface area is 334 Å². The van der Waals surface area contributed by atoms with Crippen molar-refractivity contribution in [2.45, 2.75) is 0 Å². The van der Waals surface area contributed by atoms with Gasteiger partial charge >= 0.3 is 0 Å². The number of nitrogens with zero attached hydrogens (tertiary/aromatic N) is 6. The van der Waals surface area contributed by atoms with Crippen LogP contribution in [0.5, 0.6) is 0 Å². The van der Waals surface area contributed by atoms with Crippen LogP contribution in [0.2, 0.25) is 0 Å². The van der Waals surface area contributed by atoms with Crippen molar-refractivity contribution in [3.05, 3.63) is 194 Å². The molecular formula is C52H32N6. The van der Waals surface area contributed by atoms with Crippen LogP contribution >= 0.6 is 0 Å². The average Bonchev–Trinajstić information content (AvgIpc) is 3.31. The summed E-state index contributed by atoms with van der Waals surface area (Å²) in [5.74, 6) is 0.664. The second-order valence-electron chi connectivity index (χ2n) is 14.4. The van der Waals surface area contributed by atoms with Gasteiger partial charge in [0.15, 0.2) is 5.82 Å². The van der Waals surface area contributed by atoms with Gasteiger partial charge in [0.2, 0.25) is 0 Å². The smallest absolute Gasteiger partial charge is 0.160 e. The largest absolute Gasteiger partial charge is 0.254 e. The first-order valence-electron chi connectivity index (χ1n) is 19.3. The maximum Gasteiger partial charge on any atom is 0.160 e. The lowest BCUT2D eigenvalue weighted by Crippen LogP contribution is -1.97. The first-order valence-corrected chi connectivity index (χ1v) is 19.3. The van der Waals surface area contributed by atoms with Crippen molar-refractivity contribution < 1.29 is 0 Å². The Kier molecular flexibility index (Phi) is 8.04. The maximum absolute atomic E-state index is 5.18. The van der Waals surface area contributed by atoms with E-state index in [9.17, 15) is 0 Å². The van der Waals surface area contributed by atoms with Crippen LogP contribution in [0, 0.1) is 0 Å². The van der Waals surface area contributed by atoms with Crippen molar-refractivity contribution >= 4 is 43.6 Å². The molecule has 11 aromatic rings. The van der Waals surface area contributed by atoms with E-state index in [2.05, 4.69) is 114 Å². The molecule has 11 rings (SSSR count). The molecule has 6 nitrogen and oxygen atoms in total. The number of rotatable bonds is 6. The van der Waals surface area contributed by atoms with Gasteiger partial charge in [-0.1, -0.05) is 133 Å². The van der Waals surface area contributed by atoms with E-state index in [1.54, 1.807) is 0 Å². The number of benzene rings is 6. The van der Waals surface area contributed by atoms with E-state index in [4.69, 9.17) is 24.9 Å². The number of pyridine rings is 4. The quantitative estimate of drug-likeness (QED) is 0.158. The number of aromatic nitrogens is 6. The van der Waals surface area contributed by atoms with E-state index >= 15 is 0 Å². The van der Waals surface area contributed by atoms with E-state index in [1.807, 2.05) is 85.2 Å². The standard InChI is InChI=1S/C52H32N6/c1-3-9-35(10-4-1)48-32-49(58-52(57-48)38-11-5-2-6-12-38)45-26-24-37-20-22-40(31-47(37)56-45)44-25-23-36-19-21-39(30-46(36)55-44)33-15-17-34(18-16-33)43-29-41-13-7-27-53-50(41)51-42(43)14-8-28-54-51/h1-32H. The topological polar surface area (TPSA) is 77.3 Å². The zero-order valence-electron chi connectivity index (χ0n) is 31.2. The Hall–Kier alpha value is -7.96. The summed E-state index contributed by atoms with van der Waals surface area (Å²) in [4.78, 5) is 29.6. The molecule has 0 N–H and O–H groups in total. The SMILES string of the molecule is c1ccc(-c2cc(-c3ccc4ccc(-c5ccc6ccc(-c7ccc(-c8cc9cccnc9c9ncccc89)cc7)cc6n5)cc4n3)nc(-c3ccccc3)n2)cc1. The molecule has 5 heterocycles. The molecule has 0 spiro atoms. The van der Waals surface area contributed by atoms with Crippen molar-refractivity contribution in [2.75, 3.05) is 0 Å². The molecule has 0 saturated heterocycles. The Bertz CT molecular complexity index is 3270. The molecule has 0 fully saturated rings. The molecule has 0 saturated carbocycles. The number of hydrogen-bond acceptors (Lipinski definition) is 6. The van der Waals surface area contributed by atoms with Crippen LogP contribution in [0.4, 0.5) is 0 Å². The first kappa shape index (κ1) is 33.4. The highest BCUT2D eigenvalue weighted by molar-refractivity contribution is 6.10. The highest BCUT2D eigenvalue weighted by Crippen LogP contribution is 2.35. The highest BCUT2D eigenvalue weighted by atomic mass is 14.9. The molecule has 0 aliphatic carbocycles. The van der Waals surface area contributed by atoms with Gasteiger partial charge in [0, 0.05) is 50.6 Å². The Morgan fingerprint density at radius 3 is 1.66 bits per heavy atom. The monoisotopic (exact) mass is 740 g/mol. The van der Waals surface area contributed by atoms with E-state index < -0.39 is 0 Å². The third-order valence-corrected chi connectivity index (χ3v) is 10.8. The zero-order chi connectivity index (χ0) is 38.4. The van der Waals surface area contributed by atoms with Crippen LogP contribution in [0.1, 0.15) is 0 Å². The molecule has 0 aliphatic heterocycles. The number of fused-ring (bicyclic) bond motifs is 5. The molecule has 6 heteroatoms. The van der Waals surface area contributed by atoms with Crippen molar-refractivity contribution in [2.24, 2.45) is 0 Å². The summed E-state index contributed by atoms with van der Waals surface area (Å²) in [5, 5.41) is 4.30. The molecule has 6 aromatic carbocycles. The first-order chi connectivity index (χ1) is 28.7. The molecule has 270 valence electrons. The molecule has 58 heavy (non-hydrogen) atoms. The summed E-state index contributed by atoms with van der Waals surface area (Å²) in [5.41, 5.74) is 14.4. The van der Waals surface area contributed by atoms with Crippen LogP contribution in [0.25, 0.3) is 111 Å². The molecule has 0 amide bonds. The molecule has 0 radical (unpaired) electrons. The third kappa shape index (κ3) is 6.10. The highest BCUT2D eigenvalue weighted by Gasteiger charge is 2.14. The lowest BCUT2D eigenvalue weighted by atomic mass is 9.95. The summed E-state index contributed by atoms with van der Waals surface area (Å²) in [7, 11) is 0. The molecule has 0 atom stereocenters. The van der Waals surface area contributed by atoms with Gasteiger partial charge in [0.05, 0.1) is 44.8 Å². The fourth-order valence-electron chi connectivity index (χ4n) is 7.79. The lowest BCUT2D eigenvalue weighted by molar-refractivity contribution is 1.17. The molecule has 0 aliphatic rings. The van der Waals surface area contributed by atoms with Gasteiger partial charge in [0.1, 0.15) is 0 Å². The summed E-state index contributed by atoms with van der Waals surface area (Å²) >= 11 is 0. The second-order valence-corrected chi connectivity index (χ2v) is 14.4. The van der Waals surface area contributed by atoms with Crippen LogP contribution < -0.4 is 0 Å². The normalized spacial score (nSPS) is 11.4. The van der Waals surface area contributed by atoms with Gasteiger partial charge in [-0.2, -0.15) is 0 Å². The minimum Gasteiger partial charge on any atom is -0.254 e. The molecule has 5 aromatic heterocycles. The average molecular weight is 741 g/mol. The summed E-state index contributed by atoms with van der Waals surface area (Å²) in [6.45, 7) is 0. The zero-order valence-corrected chi connectivity index (χ0v) is 31.2. The second kappa shape index (κ2) is 14.0. The van der Waals surface area contributed by atoms with Gasteiger partial charge in [-0.05, 0) is 70.8 Å². The van der Waals surface area contributed by atoms with Gasteiger partial charge in [-0.3, -0.25) is 9.97 Å².